The smallest absolute Gasteiger partial charge is 0.251 e. The molecule has 2 aromatic heterocycles. The van der Waals surface area contributed by atoms with Gasteiger partial charge in [0.05, 0.1) is 11.4 Å². The molecule has 33 heavy (non-hydrogen) atoms. The Morgan fingerprint density at radius 1 is 1.06 bits per heavy atom. The molecule has 0 saturated heterocycles. The van der Waals surface area contributed by atoms with Gasteiger partial charge in [0, 0.05) is 31.5 Å². The first-order valence-corrected chi connectivity index (χ1v) is 11.7. The summed E-state index contributed by atoms with van der Waals surface area (Å²) in [5, 5.41) is 10.5. The normalized spacial score (nSPS) is 11.0. The standard InChI is InChI=1S/C26H34FN5O/c1-6-9-20-13-22(26(33)28-5)14-21(24(20)27)11-10-18-12-19(7-2)25(29-15-18)30-23-16-32(8-3)31-17(23)4/h12-16H,6-11H2,1-5H3,(H,28,33)(H,29,30). The number of aromatic nitrogens is 3. The third kappa shape index (κ3) is 5.78. The van der Waals surface area contributed by atoms with Gasteiger partial charge in [-0.2, -0.15) is 5.10 Å². The molecule has 6 nitrogen and oxygen atoms in total. The second kappa shape index (κ2) is 11.1. The average molecular weight is 452 g/mol. The van der Waals surface area contributed by atoms with Gasteiger partial charge in [-0.3, -0.25) is 9.48 Å². The molecule has 3 aromatic rings. The van der Waals surface area contributed by atoms with Crippen LogP contribution in [0.1, 0.15) is 65.5 Å². The van der Waals surface area contributed by atoms with Crippen LogP contribution in [-0.4, -0.2) is 27.7 Å². The van der Waals surface area contributed by atoms with E-state index in [1.165, 1.54) is 0 Å². The Balaban J connectivity index is 1.81. The Labute approximate surface area is 195 Å². The van der Waals surface area contributed by atoms with Gasteiger partial charge in [-0.1, -0.05) is 26.3 Å². The summed E-state index contributed by atoms with van der Waals surface area (Å²) >= 11 is 0. The zero-order valence-electron chi connectivity index (χ0n) is 20.3. The third-order valence-corrected chi connectivity index (χ3v) is 5.84. The van der Waals surface area contributed by atoms with Gasteiger partial charge in [-0.15, -0.1) is 0 Å². The van der Waals surface area contributed by atoms with Crippen LogP contribution in [-0.2, 0) is 32.2 Å². The molecule has 7 heteroatoms. The molecule has 0 bridgehead atoms. The van der Waals surface area contributed by atoms with E-state index in [2.05, 4.69) is 40.6 Å². The second-order valence-electron chi connectivity index (χ2n) is 8.25. The fraction of sp³-hybridized carbons (Fsp3) is 0.423. The molecule has 176 valence electrons. The first-order chi connectivity index (χ1) is 15.9. The lowest BCUT2D eigenvalue weighted by Gasteiger charge is -2.13. The summed E-state index contributed by atoms with van der Waals surface area (Å²) in [6, 6.07) is 5.47. The number of carbonyl (C=O) groups is 1. The molecule has 0 aliphatic rings. The molecule has 0 fully saturated rings. The number of benzene rings is 1. The zero-order valence-corrected chi connectivity index (χ0v) is 20.3. The van der Waals surface area contributed by atoms with Crippen molar-refractivity contribution in [3.63, 3.8) is 0 Å². The summed E-state index contributed by atoms with van der Waals surface area (Å²) in [5.41, 5.74) is 5.70. The molecular formula is C26H34FN5O. The maximum atomic E-state index is 15.1. The minimum Gasteiger partial charge on any atom is -0.355 e. The average Bonchev–Trinajstić information content (AvgIpc) is 3.19. The van der Waals surface area contributed by atoms with Crippen LogP contribution >= 0.6 is 0 Å². The van der Waals surface area contributed by atoms with Crippen molar-refractivity contribution in [1.29, 1.82) is 0 Å². The Kier molecular flexibility index (Phi) is 8.20. The van der Waals surface area contributed by atoms with E-state index in [0.717, 1.165) is 47.7 Å². The number of aryl methyl sites for hydroxylation is 6. The van der Waals surface area contributed by atoms with E-state index in [0.29, 0.717) is 36.0 Å². The van der Waals surface area contributed by atoms with E-state index in [9.17, 15) is 4.79 Å². The zero-order chi connectivity index (χ0) is 24.0. The summed E-state index contributed by atoms with van der Waals surface area (Å²) in [6.07, 6.45) is 7.24. The minimum absolute atomic E-state index is 0.194. The number of hydrogen-bond donors (Lipinski definition) is 2. The number of carbonyl (C=O) groups excluding carboxylic acids is 1. The molecular weight excluding hydrogens is 417 g/mol. The van der Waals surface area contributed by atoms with Crippen LogP contribution in [0, 0.1) is 12.7 Å². The Bertz CT molecular complexity index is 1120. The van der Waals surface area contributed by atoms with E-state index in [1.54, 1.807) is 19.2 Å². The number of hydrogen-bond acceptors (Lipinski definition) is 4. The van der Waals surface area contributed by atoms with Crippen molar-refractivity contribution in [2.45, 2.75) is 66.3 Å². The van der Waals surface area contributed by atoms with Crippen molar-refractivity contribution >= 4 is 17.4 Å². The predicted molar refractivity (Wildman–Crippen MR) is 131 cm³/mol. The van der Waals surface area contributed by atoms with Crippen LogP contribution in [0.3, 0.4) is 0 Å². The molecule has 1 aromatic carbocycles. The molecule has 0 saturated carbocycles. The fourth-order valence-corrected chi connectivity index (χ4v) is 3.95. The predicted octanol–water partition coefficient (Wildman–Crippen LogP) is 5.15. The summed E-state index contributed by atoms with van der Waals surface area (Å²) in [7, 11) is 1.59. The van der Waals surface area contributed by atoms with Crippen LogP contribution in [0.5, 0.6) is 0 Å². The van der Waals surface area contributed by atoms with Crippen molar-refractivity contribution in [3.8, 4) is 0 Å². The summed E-state index contributed by atoms with van der Waals surface area (Å²) < 4.78 is 17.0. The number of nitrogens with zero attached hydrogens (tertiary/aromatic N) is 3. The van der Waals surface area contributed by atoms with Crippen LogP contribution in [0.4, 0.5) is 15.9 Å². The van der Waals surface area contributed by atoms with Gasteiger partial charge in [0.1, 0.15) is 11.6 Å². The lowest BCUT2D eigenvalue weighted by molar-refractivity contribution is 0.0963. The molecule has 2 N–H and O–H groups in total. The number of amides is 1. The van der Waals surface area contributed by atoms with Gasteiger partial charge in [-0.25, -0.2) is 9.37 Å². The Hall–Kier alpha value is -3.22. The summed E-state index contributed by atoms with van der Waals surface area (Å²) in [5.74, 6) is 0.425. The van der Waals surface area contributed by atoms with Crippen molar-refractivity contribution in [2.24, 2.45) is 0 Å². The van der Waals surface area contributed by atoms with E-state index < -0.39 is 0 Å². The third-order valence-electron chi connectivity index (χ3n) is 5.84. The van der Waals surface area contributed by atoms with Gasteiger partial charge in [0.2, 0.25) is 0 Å². The molecule has 0 aliphatic heterocycles. The lowest BCUT2D eigenvalue weighted by Crippen LogP contribution is -2.19. The van der Waals surface area contributed by atoms with E-state index in [1.807, 2.05) is 30.9 Å². The van der Waals surface area contributed by atoms with Crippen molar-refractivity contribution in [2.75, 3.05) is 12.4 Å². The Morgan fingerprint density at radius 3 is 2.39 bits per heavy atom. The molecule has 0 radical (unpaired) electrons. The van der Waals surface area contributed by atoms with Crippen LogP contribution < -0.4 is 10.6 Å². The first-order valence-electron chi connectivity index (χ1n) is 11.7. The number of rotatable bonds is 10. The number of nitrogens with one attached hydrogen (secondary N) is 2. The molecule has 0 atom stereocenters. The molecule has 0 unspecified atom stereocenters. The van der Waals surface area contributed by atoms with Crippen LogP contribution in [0.2, 0.25) is 0 Å². The number of pyridine rings is 1. The van der Waals surface area contributed by atoms with Crippen LogP contribution in [0.25, 0.3) is 0 Å². The highest BCUT2D eigenvalue weighted by Gasteiger charge is 2.15. The van der Waals surface area contributed by atoms with Crippen LogP contribution in [0.15, 0.2) is 30.6 Å². The SMILES string of the molecule is CCCc1cc(C(=O)NC)cc(CCc2cnc(Nc3cn(CC)nc3C)c(CC)c2)c1F. The second-order valence-corrected chi connectivity index (χ2v) is 8.25. The molecule has 1 amide bonds. The van der Waals surface area contributed by atoms with E-state index >= 15 is 4.39 Å². The van der Waals surface area contributed by atoms with Gasteiger partial charge in [0.15, 0.2) is 0 Å². The van der Waals surface area contributed by atoms with Crippen molar-refractivity contribution in [1.82, 2.24) is 20.1 Å². The molecule has 0 spiro atoms. The van der Waals surface area contributed by atoms with Gasteiger partial charge in [0.25, 0.3) is 5.91 Å². The quantitative estimate of drug-likeness (QED) is 0.447. The number of anilines is 2. The molecule has 2 heterocycles. The van der Waals surface area contributed by atoms with Crippen molar-refractivity contribution < 1.29 is 9.18 Å². The fourth-order valence-electron chi connectivity index (χ4n) is 3.95. The monoisotopic (exact) mass is 451 g/mol. The van der Waals surface area contributed by atoms with Gasteiger partial charge in [-0.05, 0) is 73.9 Å². The summed E-state index contributed by atoms with van der Waals surface area (Å²) in [6.45, 7) is 8.95. The highest BCUT2D eigenvalue weighted by atomic mass is 19.1. The molecule has 0 aliphatic carbocycles. The maximum Gasteiger partial charge on any atom is 0.251 e. The Morgan fingerprint density at radius 2 is 1.79 bits per heavy atom. The lowest BCUT2D eigenvalue weighted by atomic mass is 9.96. The first kappa shape index (κ1) is 24.4. The summed E-state index contributed by atoms with van der Waals surface area (Å²) in [4.78, 5) is 16.8. The topological polar surface area (TPSA) is 71.8 Å². The number of halogens is 1. The largest absolute Gasteiger partial charge is 0.355 e. The highest BCUT2D eigenvalue weighted by Crippen LogP contribution is 2.24. The molecule has 3 rings (SSSR count). The van der Waals surface area contributed by atoms with Crippen molar-refractivity contribution in [3.05, 3.63) is 69.9 Å². The minimum atomic E-state index is -0.199. The van der Waals surface area contributed by atoms with E-state index in [-0.39, 0.29) is 11.7 Å². The highest BCUT2D eigenvalue weighted by molar-refractivity contribution is 5.94. The van der Waals surface area contributed by atoms with Gasteiger partial charge >= 0.3 is 0 Å². The maximum absolute atomic E-state index is 15.1. The van der Waals surface area contributed by atoms with Gasteiger partial charge < -0.3 is 10.6 Å². The van der Waals surface area contributed by atoms with E-state index in [4.69, 9.17) is 0 Å².